The van der Waals surface area contributed by atoms with E-state index in [0.29, 0.717) is 10.8 Å². The van der Waals surface area contributed by atoms with E-state index in [1.165, 1.54) is 0 Å². The van der Waals surface area contributed by atoms with E-state index in [-0.39, 0.29) is 0 Å². The van der Waals surface area contributed by atoms with Crippen LogP contribution in [0.4, 0.5) is 5.82 Å². The van der Waals surface area contributed by atoms with E-state index in [1.54, 1.807) is 12.3 Å². The van der Waals surface area contributed by atoms with Crippen LogP contribution in [0.5, 0.6) is 0 Å². The third-order valence-electron chi connectivity index (χ3n) is 2.37. The minimum absolute atomic E-state index is 0.607. The molecule has 2 aromatic heterocycles. The van der Waals surface area contributed by atoms with Gasteiger partial charge in [0, 0.05) is 24.5 Å². The lowest BCUT2D eigenvalue weighted by Crippen LogP contribution is -2.04. The molecule has 0 amide bonds. The summed E-state index contributed by atoms with van der Waals surface area (Å²) in [6.07, 6.45) is 2.65. The lowest BCUT2D eigenvalue weighted by atomic mass is 10.3. The van der Waals surface area contributed by atoms with E-state index in [2.05, 4.69) is 27.2 Å². The Morgan fingerprint density at radius 2 is 2.11 bits per heavy atom. The van der Waals surface area contributed by atoms with Crippen molar-refractivity contribution in [1.29, 1.82) is 0 Å². The molecule has 0 aliphatic heterocycles. The highest BCUT2D eigenvalue weighted by Gasteiger charge is 2.06. The van der Waals surface area contributed by atoms with Gasteiger partial charge in [-0.15, -0.1) is 0 Å². The summed E-state index contributed by atoms with van der Waals surface area (Å²) < 4.78 is 0. The maximum atomic E-state index is 5.81. The lowest BCUT2D eigenvalue weighted by Gasteiger charge is -2.07. The summed E-state index contributed by atoms with van der Waals surface area (Å²) >= 11 is 5.81. The molecule has 0 saturated carbocycles. The number of nitrogens with zero attached hydrogens (tertiary/aromatic N) is 3. The van der Waals surface area contributed by atoms with Gasteiger partial charge in [-0.3, -0.25) is 4.98 Å². The number of hydrogen-bond donors (Lipinski definition) is 1. The van der Waals surface area contributed by atoms with Gasteiger partial charge in [-0.1, -0.05) is 18.5 Å². The van der Waals surface area contributed by atoms with Gasteiger partial charge in [-0.2, -0.15) is 0 Å². The summed E-state index contributed by atoms with van der Waals surface area (Å²) in [5.41, 5.74) is 1.64. The average molecular weight is 263 g/mol. The quantitative estimate of drug-likeness (QED) is 0.918. The first-order valence-electron chi connectivity index (χ1n) is 5.90. The number of halogens is 1. The van der Waals surface area contributed by atoms with E-state index in [4.69, 9.17) is 11.6 Å². The fourth-order valence-electron chi connectivity index (χ4n) is 1.53. The van der Waals surface area contributed by atoms with Crippen LogP contribution >= 0.6 is 11.6 Å². The Hall–Kier alpha value is -1.68. The molecule has 0 saturated heterocycles. The molecule has 94 valence electrons. The Labute approximate surface area is 111 Å². The molecule has 2 aromatic rings. The predicted octanol–water partition coefficient (Wildman–Crippen LogP) is 3.32. The van der Waals surface area contributed by atoms with E-state index < -0.39 is 0 Å². The minimum atomic E-state index is 0.607. The molecule has 0 fully saturated rings. The fourth-order valence-corrected chi connectivity index (χ4v) is 1.65. The van der Waals surface area contributed by atoms with Crippen molar-refractivity contribution in [2.24, 2.45) is 0 Å². The zero-order valence-electron chi connectivity index (χ0n) is 10.4. The predicted molar refractivity (Wildman–Crippen MR) is 73.8 cm³/mol. The van der Waals surface area contributed by atoms with E-state index >= 15 is 0 Å². The first-order chi connectivity index (χ1) is 8.69. The van der Waals surface area contributed by atoms with Gasteiger partial charge in [0.15, 0.2) is 5.82 Å². The molecule has 0 aliphatic rings. The molecule has 0 atom stereocenters. The number of aryl methyl sites for hydroxylation is 1. The van der Waals surface area contributed by atoms with Crippen molar-refractivity contribution in [1.82, 2.24) is 15.0 Å². The van der Waals surface area contributed by atoms with Crippen molar-refractivity contribution in [3.05, 3.63) is 35.1 Å². The molecule has 0 aliphatic carbocycles. The zero-order valence-corrected chi connectivity index (χ0v) is 11.2. The van der Waals surface area contributed by atoms with Crippen LogP contribution in [0.15, 0.2) is 24.4 Å². The molecule has 1 N–H and O–H groups in total. The molecule has 2 heterocycles. The Bertz CT molecular complexity index is 525. The van der Waals surface area contributed by atoms with Crippen LogP contribution in [0.25, 0.3) is 11.5 Å². The molecule has 18 heavy (non-hydrogen) atoms. The smallest absolute Gasteiger partial charge is 0.180 e. The molecule has 0 radical (unpaired) electrons. The highest BCUT2D eigenvalue weighted by atomic mass is 35.5. The number of anilines is 1. The van der Waals surface area contributed by atoms with Crippen LogP contribution in [0.3, 0.4) is 0 Å². The van der Waals surface area contributed by atoms with Crippen molar-refractivity contribution < 1.29 is 0 Å². The number of pyridine rings is 1. The average Bonchev–Trinajstić information content (AvgIpc) is 2.36. The Kier molecular flexibility index (Phi) is 4.10. The summed E-state index contributed by atoms with van der Waals surface area (Å²) in [4.78, 5) is 13.1. The molecular weight excluding hydrogens is 248 g/mol. The van der Waals surface area contributed by atoms with Crippen molar-refractivity contribution in [3.63, 3.8) is 0 Å². The zero-order chi connectivity index (χ0) is 13.0. The van der Waals surface area contributed by atoms with Gasteiger partial charge in [0.25, 0.3) is 0 Å². The second-order valence-electron chi connectivity index (χ2n) is 4.01. The Morgan fingerprint density at radius 3 is 2.78 bits per heavy atom. The van der Waals surface area contributed by atoms with Crippen molar-refractivity contribution >= 4 is 17.4 Å². The number of aromatic nitrogens is 3. The van der Waals surface area contributed by atoms with Crippen LogP contribution in [0, 0.1) is 6.92 Å². The highest BCUT2D eigenvalue weighted by Crippen LogP contribution is 2.17. The summed E-state index contributed by atoms with van der Waals surface area (Å²) in [5.74, 6) is 1.45. The van der Waals surface area contributed by atoms with E-state index in [9.17, 15) is 0 Å². The second kappa shape index (κ2) is 5.78. The SMILES string of the molecule is CCCNc1cc(C)nc(-c2ccc(Cl)cn2)n1. The van der Waals surface area contributed by atoms with Gasteiger partial charge in [0.1, 0.15) is 11.5 Å². The fraction of sp³-hybridized carbons (Fsp3) is 0.308. The summed E-state index contributed by atoms with van der Waals surface area (Å²) in [5, 5.41) is 3.86. The molecule has 5 heteroatoms. The summed E-state index contributed by atoms with van der Waals surface area (Å²) in [6.45, 7) is 4.95. The minimum Gasteiger partial charge on any atom is -0.370 e. The highest BCUT2D eigenvalue weighted by molar-refractivity contribution is 6.30. The maximum Gasteiger partial charge on any atom is 0.180 e. The van der Waals surface area contributed by atoms with Gasteiger partial charge in [0.2, 0.25) is 0 Å². The molecule has 0 bridgehead atoms. The van der Waals surface area contributed by atoms with Crippen molar-refractivity contribution in [2.75, 3.05) is 11.9 Å². The normalized spacial score (nSPS) is 10.4. The van der Waals surface area contributed by atoms with Gasteiger partial charge in [-0.05, 0) is 25.5 Å². The van der Waals surface area contributed by atoms with Crippen LogP contribution in [0.1, 0.15) is 19.0 Å². The number of hydrogen-bond acceptors (Lipinski definition) is 4. The summed E-state index contributed by atoms with van der Waals surface area (Å²) in [7, 11) is 0. The standard InChI is InChI=1S/C13H15ClN4/c1-3-6-15-12-7-9(2)17-13(18-12)11-5-4-10(14)8-16-11/h4-5,7-8H,3,6H2,1-2H3,(H,15,17,18). The Balaban J connectivity index is 2.32. The largest absolute Gasteiger partial charge is 0.370 e. The van der Waals surface area contributed by atoms with Crippen LogP contribution in [-0.4, -0.2) is 21.5 Å². The molecule has 0 aromatic carbocycles. The Morgan fingerprint density at radius 1 is 1.28 bits per heavy atom. The third kappa shape index (κ3) is 3.17. The number of nitrogens with one attached hydrogen (secondary N) is 1. The molecule has 2 rings (SSSR count). The molecular formula is C13H15ClN4. The van der Waals surface area contributed by atoms with Gasteiger partial charge >= 0.3 is 0 Å². The second-order valence-corrected chi connectivity index (χ2v) is 4.44. The third-order valence-corrected chi connectivity index (χ3v) is 2.59. The summed E-state index contributed by atoms with van der Waals surface area (Å²) in [6, 6.07) is 5.53. The topological polar surface area (TPSA) is 50.7 Å². The van der Waals surface area contributed by atoms with Crippen molar-refractivity contribution in [2.45, 2.75) is 20.3 Å². The first-order valence-corrected chi connectivity index (χ1v) is 6.28. The van der Waals surface area contributed by atoms with E-state index in [1.807, 2.05) is 19.1 Å². The van der Waals surface area contributed by atoms with Crippen LogP contribution < -0.4 is 5.32 Å². The lowest BCUT2D eigenvalue weighted by molar-refractivity contribution is 0.961. The van der Waals surface area contributed by atoms with Gasteiger partial charge < -0.3 is 5.32 Å². The van der Waals surface area contributed by atoms with Crippen molar-refractivity contribution in [3.8, 4) is 11.5 Å². The molecule has 0 spiro atoms. The van der Waals surface area contributed by atoms with Crippen LogP contribution in [-0.2, 0) is 0 Å². The number of rotatable bonds is 4. The van der Waals surface area contributed by atoms with Gasteiger partial charge in [0.05, 0.1) is 5.02 Å². The first kappa shape index (κ1) is 12.8. The van der Waals surface area contributed by atoms with Gasteiger partial charge in [-0.25, -0.2) is 9.97 Å². The van der Waals surface area contributed by atoms with E-state index in [0.717, 1.165) is 30.2 Å². The molecule has 4 nitrogen and oxygen atoms in total. The van der Waals surface area contributed by atoms with Crippen LogP contribution in [0.2, 0.25) is 5.02 Å². The maximum absolute atomic E-state index is 5.81. The molecule has 0 unspecified atom stereocenters. The monoisotopic (exact) mass is 262 g/mol.